The van der Waals surface area contributed by atoms with Gasteiger partial charge in [-0.05, 0) is 134 Å². The number of hydrogen-bond acceptors (Lipinski definition) is 13. The van der Waals surface area contributed by atoms with Crippen molar-refractivity contribution in [2.24, 2.45) is 5.73 Å². The zero-order valence-electron chi connectivity index (χ0n) is 41.5. The van der Waals surface area contributed by atoms with Crippen molar-refractivity contribution < 1.29 is 55.9 Å². The maximum Gasteiger partial charge on any atom is 0.409 e. The van der Waals surface area contributed by atoms with Crippen molar-refractivity contribution in [2.75, 3.05) is 23.8 Å². The van der Waals surface area contributed by atoms with Gasteiger partial charge in [0.15, 0.2) is 0 Å². The summed E-state index contributed by atoms with van der Waals surface area (Å²) in [7, 11) is 0. The Labute approximate surface area is 453 Å². The molecular formula is C54H49Cl2F4N9O9. The molecule has 0 radical (unpaired) electrons. The van der Waals surface area contributed by atoms with Gasteiger partial charge >= 0.3 is 11.5 Å². The summed E-state index contributed by atoms with van der Waals surface area (Å²) < 4.78 is 71.3. The number of urea groups is 1. The lowest BCUT2D eigenvalue weighted by Crippen LogP contribution is -2.40. The van der Waals surface area contributed by atoms with Crippen molar-refractivity contribution >= 4 is 63.7 Å². The van der Waals surface area contributed by atoms with E-state index in [0.29, 0.717) is 54.2 Å². The number of non-ortho nitro benzene ring substituents is 1. The predicted molar refractivity (Wildman–Crippen MR) is 282 cm³/mol. The van der Waals surface area contributed by atoms with Gasteiger partial charge in [0.25, 0.3) is 17.5 Å². The number of carbonyl (C=O) groups excluding carboxylic acids is 4. The van der Waals surface area contributed by atoms with Gasteiger partial charge in [-0.2, -0.15) is 0 Å². The van der Waals surface area contributed by atoms with Gasteiger partial charge in [-0.3, -0.25) is 29.7 Å². The van der Waals surface area contributed by atoms with Gasteiger partial charge in [0, 0.05) is 72.5 Å². The molecule has 2 aliphatic rings. The lowest BCUT2D eigenvalue weighted by Gasteiger charge is -2.28. The first-order valence-corrected chi connectivity index (χ1v) is 24.3. The van der Waals surface area contributed by atoms with E-state index in [9.17, 15) is 46.9 Å². The van der Waals surface area contributed by atoms with Crippen molar-refractivity contribution in [2.45, 2.75) is 51.9 Å². The van der Waals surface area contributed by atoms with Crippen LogP contribution < -0.4 is 46.0 Å². The van der Waals surface area contributed by atoms with E-state index >= 15 is 0 Å². The topological polar surface area (TPSA) is 251 Å². The van der Waals surface area contributed by atoms with Crippen LogP contribution in [0, 0.1) is 47.2 Å². The van der Waals surface area contributed by atoms with E-state index in [-0.39, 0.29) is 70.0 Å². The molecule has 0 aliphatic carbocycles. The number of nitrogens with one attached hydrogen (secondary N) is 5. The molecule has 78 heavy (non-hydrogen) atoms. The summed E-state index contributed by atoms with van der Waals surface area (Å²) in [6.45, 7) is 4.44. The van der Waals surface area contributed by atoms with Gasteiger partial charge in [0.2, 0.25) is 0 Å². The molecule has 2 atom stereocenters. The van der Waals surface area contributed by atoms with Gasteiger partial charge in [0.1, 0.15) is 40.5 Å². The second-order valence-electron chi connectivity index (χ2n) is 16.8. The van der Waals surface area contributed by atoms with Crippen LogP contribution in [0.15, 0.2) is 134 Å². The fourth-order valence-corrected chi connectivity index (χ4v) is 7.85. The number of pyridine rings is 2. The second-order valence-corrected chi connectivity index (χ2v) is 17.3. The molecule has 0 unspecified atom stereocenters. The van der Waals surface area contributed by atoms with Gasteiger partial charge in [0.05, 0.1) is 64.8 Å². The third-order valence-corrected chi connectivity index (χ3v) is 11.7. The number of nitro benzene ring substituents is 1. The van der Waals surface area contributed by atoms with Crippen molar-refractivity contribution in [3.05, 3.63) is 212 Å². The monoisotopic (exact) mass is 1110 g/mol. The van der Waals surface area contributed by atoms with E-state index < -0.39 is 51.9 Å². The fraction of sp³-hybridized carbons (Fsp3) is 0.185. The van der Waals surface area contributed by atoms with Crippen LogP contribution in [0.2, 0.25) is 0 Å². The highest BCUT2D eigenvalue weighted by Gasteiger charge is 2.32. The van der Waals surface area contributed by atoms with Crippen molar-refractivity contribution in [1.29, 1.82) is 0 Å². The Kier molecular flexibility index (Phi) is 21.3. The summed E-state index contributed by atoms with van der Waals surface area (Å²) in [5.74, 6) is -2.39. The highest BCUT2D eigenvalue weighted by atomic mass is 35.5. The lowest BCUT2D eigenvalue weighted by atomic mass is 9.96. The first-order valence-electron chi connectivity index (χ1n) is 23.5. The van der Waals surface area contributed by atoms with E-state index in [1.807, 2.05) is 24.3 Å². The second kappa shape index (κ2) is 28.4. The maximum atomic E-state index is 14.8. The largest absolute Gasteiger partial charge is 0.492 e. The molecule has 18 nitrogen and oxygen atoms in total. The number of rotatable bonds is 11. The Morgan fingerprint density at radius 3 is 1.62 bits per heavy atom. The van der Waals surface area contributed by atoms with Gasteiger partial charge in [-0.1, -0.05) is 12.1 Å². The fourth-order valence-electron chi connectivity index (χ4n) is 7.54. The molecule has 7 aromatic rings. The third-order valence-electron chi connectivity index (χ3n) is 11.4. The standard InChI is InChI=1S/C24H22F2N4O3.C17H15ClF2N2O2.C7H4ClNO4.C6H8N2/c1-14-12-15(5-7-18(14)25)29-23(31)17-6-8-19(26)21-20(9-11-33-22(17)21)30-24(32)28-13-16-4-2-3-10-27-16;1-9-8-10(2-4-12(9)19)21-17(23)11-3-5-13(20)15-14(22-18)6-7-24-16(11)15;8-7(10)13-6-3-1-5(2-4-6)9(11)12;7-5-6-3-1-2-4-8-6/h2-8,10,12,20H,9,11,13H2,1H3,(H,29,31)(H2,28,30,32);2-5,8,14,22H,6-7H2,1H3,(H,21,23);1-4H;1-4H,5,7H2/t20-;14-;;/m00../s1. The Hall–Kier alpha value is -8.70. The smallest absolute Gasteiger partial charge is 0.409 e. The molecule has 0 saturated carbocycles. The normalized spacial score (nSPS) is 13.7. The summed E-state index contributed by atoms with van der Waals surface area (Å²) in [4.78, 5) is 68.3. The molecule has 0 saturated heterocycles. The Bertz CT molecular complexity index is 3240. The van der Waals surface area contributed by atoms with E-state index in [0.717, 1.165) is 5.69 Å². The molecule has 406 valence electrons. The van der Waals surface area contributed by atoms with Gasteiger partial charge in [-0.25, -0.2) is 32.0 Å². The van der Waals surface area contributed by atoms with E-state index in [1.54, 1.807) is 38.4 Å². The summed E-state index contributed by atoms with van der Waals surface area (Å²) >= 11 is 10.6. The Morgan fingerprint density at radius 1 is 0.692 bits per heavy atom. The number of amides is 4. The highest BCUT2D eigenvalue weighted by molar-refractivity contribution is 6.61. The average molecular weight is 1110 g/mol. The van der Waals surface area contributed by atoms with Crippen LogP contribution in [0.25, 0.3) is 0 Å². The van der Waals surface area contributed by atoms with Crippen LogP contribution in [0.5, 0.6) is 17.2 Å². The quantitative estimate of drug-likeness (QED) is 0.0232. The van der Waals surface area contributed by atoms with E-state index in [2.05, 4.69) is 40.8 Å². The molecule has 0 bridgehead atoms. The number of aryl methyl sites for hydroxylation is 2. The number of anilines is 2. The van der Waals surface area contributed by atoms with Crippen LogP contribution in [-0.4, -0.2) is 51.4 Å². The third kappa shape index (κ3) is 16.4. The van der Waals surface area contributed by atoms with Crippen LogP contribution in [-0.2, 0) is 13.1 Å². The molecule has 5 aromatic carbocycles. The number of aromatic nitrogens is 2. The number of hydrogen-bond donors (Lipinski definition) is 6. The lowest BCUT2D eigenvalue weighted by molar-refractivity contribution is -0.384. The molecule has 0 fully saturated rings. The number of benzene rings is 5. The SMILES string of the molecule is Cc1cc(NC(=O)c2ccc(F)c3c2OCC[C@@H]3NC(=O)NCc2ccccn2)ccc1F.Cc1cc(NC(=O)c2ccc(F)c3c2OCC[C@@H]3NCl)ccc1F.NCc1ccccn1.O=C(Cl)Oc1ccc([N+](=O)[O-])cc1. The van der Waals surface area contributed by atoms with Crippen molar-refractivity contribution in [1.82, 2.24) is 25.4 Å². The zero-order chi connectivity index (χ0) is 56.3. The van der Waals surface area contributed by atoms with E-state index in [4.69, 9.17) is 38.6 Å². The summed E-state index contributed by atoms with van der Waals surface area (Å²) in [5, 5.41) is 21.0. The van der Waals surface area contributed by atoms with Gasteiger partial charge < -0.3 is 41.2 Å². The van der Waals surface area contributed by atoms with Crippen LogP contribution in [0.4, 0.5) is 44.2 Å². The number of fused-ring (bicyclic) bond motifs is 2. The van der Waals surface area contributed by atoms with Gasteiger partial charge in [-0.15, -0.1) is 0 Å². The average Bonchev–Trinajstić information content (AvgIpc) is 3.48. The summed E-state index contributed by atoms with van der Waals surface area (Å²) in [5.41, 5.74) is 8.15. The maximum absolute atomic E-state index is 14.8. The summed E-state index contributed by atoms with van der Waals surface area (Å²) in [6.07, 6.45) is 4.19. The van der Waals surface area contributed by atoms with Crippen LogP contribution in [0.3, 0.4) is 0 Å². The van der Waals surface area contributed by atoms with Crippen LogP contribution >= 0.6 is 23.4 Å². The van der Waals surface area contributed by atoms with E-state index in [1.165, 1.54) is 84.9 Å². The number of nitrogens with two attached hydrogens (primary N) is 1. The zero-order valence-corrected chi connectivity index (χ0v) is 43.0. The minimum Gasteiger partial charge on any atom is -0.492 e. The number of nitrogens with zero attached hydrogens (tertiary/aromatic N) is 3. The minimum atomic E-state index is -0.978. The number of ether oxygens (including phenoxy) is 3. The highest BCUT2D eigenvalue weighted by Crippen LogP contribution is 2.39. The summed E-state index contributed by atoms with van der Waals surface area (Å²) in [6, 6.07) is 28.0. The molecular weight excluding hydrogens is 1070 g/mol. The molecule has 4 amide bonds. The molecule has 24 heteroatoms. The number of carbonyl (C=O) groups is 4. The first-order chi connectivity index (χ1) is 37.5. The predicted octanol–water partition coefficient (Wildman–Crippen LogP) is 11.2. The minimum absolute atomic E-state index is 0.0747. The Balaban J connectivity index is 0.000000189. The molecule has 4 heterocycles. The number of halogens is 6. The molecule has 2 aromatic heterocycles. The Morgan fingerprint density at radius 2 is 1.18 bits per heavy atom. The van der Waals surface area contributed by atoms with Crippen molar-refractivity contribution in [3.63, 3.8) is 0 Å². The van der Waals surface area contributed by atoms with Crippen LogP contribution in [0.1, 0.15) is 79.3 Å². The molecule has 2 aliphatic heterocycles. The molecule has 9 rings (SSSR count). The van der Waals surface area contributed by atoms with Crippen molar-refractivity contribution in [3.8, 4) is 17.2 Å². The number of nitro groups is 1. The molecule has 7 N–H and O–H groups in total. The molecule has 0 spiro atoms. The first kappa shape index (κ1) is 58.6.